The SMILES string of the molecule is CSc1ccc([C@H]2NC(=O)N(CC(=O)Nc3ccc(C)cc3)C3=C2C(=O)OC3)cc1. The van der Waals surface area contributed by atoms with Gasteiger partial charge in [0.25, 0.3) is 0 Å². The summed E-state index contributed by atoms with van der Waals surface area (Å²) in [5.74, 6) is -0.837. The van der Waals surface area contributed by atoms with E-state index in [1.165, 1.54) is 4.90 Å². The van der Waals surface area contributed by atoms with Gasteiger partial charge in [-0.3, -0.25) is 9.69 Å². The van der Waals surface area contributed by atoms with Crippen LogP contribution in [-0.4, -0.2) is 42.2 Å². The van der Waals surface area contributed by atoms with Gasteiger partial charge in [0.05, 0.1) is 17.3 Å². The molecule has 0 bridgehead atoms. The van der Waals surface area contributed by atoms with Crippen molar-refractivity contribution in [2.45, 2.75) is 17.9 Å². The Bertz CT molecular complexity index is 1030. The average Bonchev–Trinajstić information content (AvgIpc) is 3.13. The molecule has 2 N–H and O–H groups in total. The number of aryl methyl sites for hydroxylation is 1. The number of ether oxygens (including phenoxy) is 1. The summed E-state index contributed by atoms with van der Waals surface area (Å²) >= 11 is 1.61. The van der Waals surface area contributed by atoms with Crippen LogP contribution in [0.5, 0.6) is 0 Å². The second-order valence-corrected chi connectivity index (χ2v) is 7.97. The molecule has 8 heteroatoms. The number of nitrogens with one attached hydrogen (secondary N) is 2. The van der Waals surface area contributed by atoms with Crippen LogP contribution in [0.3, 0.4) is 0 Å². The molecule has 2 aliphatic rings. The van der Waals surface area contributed by atoms with Crippen LogP contribution in [0.1, 0.15) is 17.2 Å². The van der Waals surface area contributed by atoms with Crippen molar-refractivity contribution >= 4 is 35.4 Å². The first-order valence-corrected chi connectivity index (χ1v) is 10.7. The normalized spacial score (nSPS) is 18.1. The van der Waals surface area contributed by atoms with E-state index in [2.05, 4.69) is 10.6 Å². The molecule has 2 aliphatic heterocycles. The molecule has 2 heterocycles. The summed E-state index contributed by atoms with van der Waals surface area (Å²) in [6.07, 6.45) is 1.98. The molecule has 0 saturated carbocycles. The van der Waals surface area contributed by atoms with E-state index < -0.39 is 18.0 Å². The third-order valence-electron chi connectivity index (χ3n) is 5.08. The van der Waals surface area contributed by atoms with E-state index in [-0.39, 0.29) is 19.1 Å². The van der Waals surface area contributed by atoms with Crippen LogP contribution in [0.4, 0.5) is 10.5 Å². The zero-order chi connectivity index (χ0) is 21.3. The van der Waals surface area contributed by atoms with E-state index in [1.54, 1.807) is 23.9 Å². The number of rotatable bonds is 5. The lowest BCUT2D eigenvalue weighted by atomic mass is 9.96. The largest absolute Gasteiger partial charge is 0.456 e. The fraction of sp³-hybridized carbons (Fsp3) is 0.227. The summed E-state index contributed by atoms with van der Waals surface area (Å²) in [6, 6.07) is 14.0. The van der Waals surface area contributed by atoms with E-state index in [0.717, 1.165) is 16.0 Å². The number of carbonyl (C=O) groups is 3. The molecule has 2 aromatic rings. The van der Waals surface area contributed by atoms with Crippen molar-refractivity contribution in [1.29, 1.82) is 0 Å². The summed E-state index contributed by atoms with van der Waals surface area (Å²) in [7, 11) is 0. The zero-order valence-corrected chi connectivity index (χ0v) is 17.4. The number of hydrogen-bond donors (Lipinski definition) is 2. The lowest BCUT2D eigenvalue weighted by Gasteiger charge is -2.32. The van der Waals surface area contributed by atoms with Crippen LogP contribution in [-0.2, 0) is 14.3 Å². The van der Waals surface area contributed by atoms with Gasteiger partial charge >= 0.3 is 12.0 Å². The summed E-state index contributed by atoms with van der Waals surface area (Å²) in [6.45, 7) is 1.71. The number of nitrogens with zero attached hydrogens (tertiary/aromatic N) is 1. The summed E-state index contributed by atoms with van der Waals surface area (Å²) in [4.78, 5) is 40.1. The predicted octanol–water partition coefficient (Wildman–Crippen LogP) is 3.23. The monoisotopic (exact) mass is 423 g/mol. The number of hydrogen-bond acceptors (Lipinski definition) is 5. The van der Waals surface area contributed by atoms with Crippen molar-refractivity contribution < 1.29 is 19.1 Å². The van der Waals surface area contributed by atoms with Crippen LogP contribution in [0.25, 0.3) is 0 Å². The maximum absolute atomic E-state index is 12.8. The average molecular weight is 423 g/mol. The van der Waals surface area contributed by atoms with E-state index in [1.807, 2.05) is 49.6 Å². The topological polar surface area (TPSA) is 87.7 Å². The number of amides is 3. The van der Waals surface area contributed by atoms with Crippen molar-refractivity contribution in [3.05, 3.63) is 70.9 Å². The number of cyclic esters (lactones) is 1. The van der Waals surface area contributed by atoms with Crippen LogP contribution in [0, 0.1) is 6.92 Å². The fourth-order valence-corrected chi connectivity index (χ4v) is 3.91. The summed E-state index contributed by atoms with van der Waals surface area (Å²) < 4.78 is 5.21. The molecule has 1 atom stereocenters. The fourth-order valence-electron chi connectivity index (χ4n) is 3.51. The number of thioether (sulfide) groups is 1. The van der Waals surface area contributed by atoms with Gasteiger partial charge in [-0.05, 0) is 43.0 Å². The molecule has 2 aromatic carbocycles. The van der Waals surface area contributed by atoms with Crippen LogP contribution in [0.2, 0.25) is 0 Å². The maximum atomic E-state index is 12.8. The first kappa shape index (κ1) is 20.0. The van der Waals surface area contributed by atoms with Gasteiger partial charge < -0.3 is 15.4 Å². The summed E-state index contributed by atoms with van der Waals surface area (Å²) in [5.41, 5.74) is 3.31. The minimum absolute atomic E-state index is 0.0290. The lowest BCUT2D eigenvalue weighted by Crippen LogP contribution is -2.49. The molecule has 0 saturated heterocycles. The molecule has 0 spiro atoms. The Morgan fingerprint density at radius 3 is 2.53 bits per heavy atom. The molecule has 0 radical (unpaired) electrons. The number of benzene rings is 2. The van der Waals surface area contributed by atoms with Crippen LogP contribution >= 0.6 is 11.8 Å². The van der Waals surface area contributed by atoms with Crippen molar-refractivity contribution in [3.63, 3.8) is 0 Å². The Labute approximate surface area is 178 Å². The molecular weight excluding hydrogens is 402 g/mol. The minimum atomic E-state index is -0.602. The maximum Gasteiger partial charge on any atom is 0.338 e. The Balaban J connectivity index is 1.57. The standard InChI is InChI=1S/C22H21N3O4S/c1-13-3-7-15(8-4-13)23-18(26)11-25-17-12-29-21(27)19(17)20(24-22(25)28)14-5-9-16(30-2)10-6-14/h3-10,20H,11-12H2,1-2H3,(H,23,26)(H,24,28)/t20-/m1/s1. The van der Waals surface area contributed by atoms with E-state index in [0.29, 0.717) is 17.0 Å². The minimum Gasteiger partial charge on any atom is -0.456 e. The molecule has 0 unspecified atom stereocenters. The van der Waals surface area contributed by atoms with Gasteiger partial charge in [-0.25, -0.2) is 9.59 Å². The lowest BCUT2D eigenvalue weighted by molar-refractivity contribution is -0.136. The highest BCUT2D eigenvalue weighted by molar-refractivity contribution is 7.98. The summed E-state index contributed by atoms with van der Waals surface area (Å²) in [5, 5.41) is 5.61. The number of esters is 1. The molecule has 0 fully saturated rings. The molecule has 4 rings (SSSR count). The van der Waals surface area contributed by atoms with Crippen LogP contribution in [0.15, 0.2) is 64.7 Å². The first-order chi connectivity index (χ1) is 14.5. The van der Waals surface area contributed by atoms with Gasteiger partial charge in [0.15, 0.2) is 0 Å². The van der Waals surface area contributed by atoms with Gasteiger partial charge in [-0.2, -0.15) is 0 Å². The highest BCUT2D eigenvalue weighted by atomic mass is 32.2. The molecule has 0 aliphatic carbocycles. The second-order valence-electron chi connectivity index (χ2n) is 7.09. The molecule has 30 heavy (non-hydrogen) atoms. The van der Waals surface area contributed by atoms with Crippen molar-refractivity contribution in [2.75, 3.05) is 24.7 Å². The van der Waals surface area contributed by atoms with E-state index in [4.69, 9.17) is 4.74 Å². The molecular formula is C22H21N3O4S. The number of carbonyl (C=O) groups excluding carboxylic acids is 3. The van der Waals surface area contributed by atoms with Crippen molar-refractivity contribution in [1.82, 2.24) is 10.2 Å². The van der Waals surface area contributed by atoms with Gasteiger partial charge in [0, 0.05) is 10.6 Å². The van der Waals surface area contributed by atoms with Gasteiger partial charge in [-0.15, -0.1) is 11.8 Å². The zero-order valence-electron chi connectivity index (χ0n) is 16.6. The highest BCUT2D eigenvalue weighted by Gasteiger charge is 2.42. The van der Waals surface area contributed by atoms with Crippen LogP contribution < -0.4 is 10.6 Å². The number of anilines is 1. The smallest absolute Gasteiger partial charge is 0.338 e. The van der Waals surface area contributed by atoms with Crippen molar-refractivity contribution in [3.8, 4) is 0 Å². The Kier molecular flexibility index (Phi) is 5.50. The Morgan fingerprint density at radius 1 is 1.17 bits per heavy atom. The second kappa shape index (κ2) is 8.23. The highest BCUT2D eigenvalue weighted by Crippen LogP contribution is 2.35. The predicted molar refractivity (Wildman–Crippen MR) is 114 cm³/mol. The Hall–Kier alpha value is -3.26. The van der Waals surface area contributed by atoms with E-state index in [9.17, 15) is 14.4 Å². The van der Waals surface area contributed by atoms with E-state index >= 15 is 0 Å². The molecule has 0 aromatic heterocycles. The third kappa shape index (κ3) is 3.91. The van der Waals surface area contributed by atoms with Gasteiger partial charge in [0.2, 0.25) is 5.91 Å². The van der Waals surface area contributed by atoms with Crippen molar-refractivity contribution in [2.24, 2.45) is 0 Å². The molecule has 3 amide bonds. The quantitative estimate of drug-likeness (QED) is 0.570. The molecule has 7 nitrogen and oxygen atoms in total. The Morgan fingerprint density at radius 2 is 1.87 bits per heavy atom. The number of urea groups is 1. The van der Waals surface area contributed by atoms with Gasteiger partial charge in [0.1, 0.15) is 13.2 Å². The third-order valence-corrected chi connectivity index (χ3v) is 5.83. The first-order valence-electron chi connectivity index (χ1n) is 9.45. The van der Waals surface area contributed by atoms with Gasteiger partial charge in [-0.1, -0.05) is 29.8 Å². The molecule has 154 valence electrons.